The Labute approximate surface area is 120 Å². The zero-order valence-corrected chi connectivity index (χ0v) is 12.4. The van der Waals surface area contributed by atoms with E-state index in [1.54, 1.807) is 0 Å². The molecule has 0 bridgehead atoms. The lowest BCUT2D eigenvalue weighted by atomic mass is 9.83. The van der Waals surface area contributed by atoms with Crippen LogP contribution in [0.5, 0.6) is 0 Å². The van der Waals surface area contributed by atoms with Gasteiger partial charge in [-0.1, -0.05) is 23.6 Å². The predicted octanol–water partition coefficient (Wildman–Crippen LogP) is 2.68. The molecule has 1 aromatic carbocycles. The number of likely N-dealkylation sites (tertiary alicyclic amines) is 1. The molecule has 1 amide bonds. The molecule has 0 aromatic heterocycles. The maximum atomic E-state index is 12.8. The third kappa shape index (κ3) is 2.05. The van der Waals surface area contributed by atoms with Crippen molar-refractivity contribution in [2.45, 2.75) is 45.6 Å². The fraction of sp³-hybridized carbons (Fsp3) is 0.588. The Hall–Kier alpha value is -1.35. The third-order valence-electron chi connectivity index (χ3n) is 5.13. The predicted molar refractivity (Wildman–Crippen MR) is 78.7 cm³/mol. The molecule has 0 spiro atoms. The summed E-state index contributed by atoms with van der Waals surface area (Å²) in [5.41, 5.74) is 3.04. The number of fused-ring (bicyclic) bond motifs is 1. The lowest BCUT2D eigenvalue weighted by Gasteiger charge is -2.30. The van der Waals surface area contributed by atoms with Crippen LogP contribution in [0.15, 0.2) is 18.2 Å². The molecule has 1 saturated carbocycles. The van der Waals surface area contributed by atoms with Gasteiger partial charge in [0.25, 0.3) is 5.91 Å². The highest BCUT2D eigenvalue weighted by Gasteiger charge is 2.51. The van der Waals surface area contributed by atoms with Crippen molar-refractivity contribution in [3.63, 3.8) is 0 Å². The minimum atomic E-state index is -0.0193. The molecule has 2 aliphatic rings. The normalized spacial score (nSPS) is 28.8. The van der Waals surface area contributed by atoms with Gasteiger partial charge in [-0.25, -0.2) is 0 Å². The summed E-state index contributed by atoms with van der Waals surface area (Å²) in [7, 11) is 0. The van der Waals surface area contributed by atoms with Gasteiger partial charge in [0.2, 0.25) is 0 Å². The summed E-state index contributed by atoms with van der Waals surface area (Å²) in [6, 6.07) is 6.28. The molecule has 20 heavy (non-hydrogen) atoms. The molecule has 1 saturated heterocycles. The Balaban J connectivity index is 1.88. The van der Waals surface area contributed by atoms with Crippen molar-refractivity contribution in [2.24, 2.45) is 5.41 Å². The van der Waals surface area contributed by atoms with Gasteiger partial charge in [-0.15, -0.1) is 0 Å². The van der Waals surface area contributed by atoms with Gasteiger partial charge < -0.3 is 10.0 Å². The van der Waals surface area contributed by atoms with E-state index in [9.17, 15) is 9.90 Å². The van der Waals surface area contributed by atoms with Crippen LogP contribution in [0, 0.1) is 19.3 Å². The summed E-state index contributed by atoms with van der Waals surface area (Å²) in [6.07, 6.45) is 4.18. The Morgan fingerprint density at radius 1 is 1.30 bits per heavy atom. The summed E-state index contributed by atoms with van der Waals surface area (Å²) in [4.78, 5) is 14.8. The van der Waals surface area contributed by atoms with Crippen molar-refractivity contribution in [3.8, 4) is 0 Å². The number of carbonyl (C=O) groups is 1. The zero-order chi connectivity index (χ0) is 14.3. The van der Waals surface area contributed by atoms with E-state index in [2.05, 4.69) is 6.07 Å². The van der Waals surface area contributed by atoms with E-state index in [1.807, 2.05) is 30.9 Å². The quantitative estimate of drug-likeness (QED) is 0.900. The van der Waals surface area contributed by atoms with Crippen LogP contribution in [0.3, 0.4) is 0 Å². The Morgan fingerprint density at radius 2 is 2.00 bits per heavy atom. The molecule has 3 heteroatoms. The first-order chi connectivity index (χ1) is 9.55. The van der Waals surface area contributed by atoms with E-state index in [0.717, 1.165) is 48.9 Å². The highest BCUT2D eigenvalue weighted by atomic mass is 16.3. The van der Waals surface area contributed by atoms with Crippen molar-refractivity contribution in [1.82, 2.24) is 4.90 Å². The SMILES string of the molecule is Cc1cc(C)cc(C(=O)N2CC[C@@]3(CO)CCC[C@@H]23)c1. The van der Waals surface area contributed by atoms with Gasteiger partial charge in [-0.2, -0.15) is 0 Å². The van der Waals surface area contributed by atoms with Gasteiger partial charge in [0.15, 0.2) is 0 Å². The first-order valence-electron chi connectivity index (χ1n) is 7.56. The molecule has 2 fully saturated rings. The monoisotopic (exact) mass is 273 g/mol. The van der Waals surface area contributed by atoms with Crippen LogP contribution in [-0.4, -0.2) is 35.1 Å². The number of rotatable bonds is 2. The zero-order valence-electron chi connectivity index (χ0n) is 12.4. The summed E-state index contributed by atoms with van der Waals surface area (Å²) in [6.45, 7) is 5.06. The molecule has 1 aromatic rings. The molecular formula is C17H23NO2. The van der Waals surface area contributed by atoms with E-state index < -0.39 is 0 Å². The number of nitrogens with zero attached hydrogens (tertiary/aromatic N) is 1. The molecule has 1 aliphatic heterocycles. The summed E-state index contributed by atoms with van der Waals surface area (Å²) in [5, 5.41) is 9.75. The van der Waals surface area contributed by atoms with Gasteiger partial charge in [0.1, 0.15) is 0 Å². The van der Waals surface area contributed by atoms with Crippen LogP contribution >= 0.6 is 0 Å². The molecule has 3 rings (SSSR count). The number of carbonyl (C=O) groups excluding carboxylic acids is 1. The number of aliphatic hydroxyl groups excluding tert-OH is 1. The average molecular weight is 273 g/mol. The van der Waals surface area contributed by atoms with Gasteiger partial charge in [-0.05, 0) is 45.2 Å². The number of aryl methyl sites for hydroxylation is 2. The largest absolute Gasteiger partial charge is 0.396 e. The standard InChI is InChI=1S/C17H23NO2/c1-12-8-13(2)10-14(9-12)16(20)18-7-6-17(11-19)5-3-4-15(17)18/h8-10,15,19H,3-7,11H2,1-2H3/t15-,17-/m1/s1. The van der Waals surface area contributed by atoms with E-state index in [0.29, 0.717) is 0 Å². The topological polar surface area (TPSA) is 40.5 Å². The number of aliphatic hydroxyl groups is 1. The third-order valence-corrected chi connectivity index (χ3v) is 5.13. The molecule has 3 nitrogen and oxygen atoms in total. The molecular weight excluding hydrogens is 250 g/mol. The molecule has 1 aliphatic carbocycles. The molecule has 108 valence electrons. The smallest absolute Gasteiger partial charge is 0.254 e. The molecule has 1 N–H and O–H groups in total. The van der Waals surface area contributed by atoms with E-state index in [1.165, 1.54) is 0 Å². The van der Waals surface area contributed by atoms with E-state index in [4.69, 9.17) is 0 Å². The van der Waals surface area contributed by atoms with Crippen LogP contribution in [0.25, 0.3) is 0 Å². The van der Waals surface area contributed by atoms with Crippen LogP contribution in [-0.2, 0) is 0 Å². The second-order valence-electron chi connectivity index (χ2n) is 6.55. The van der Waals surface area contributed by atoms with Gasteiger partial charge in [0.05, 0.1) is 6.61 Å². The lowest BCUT2D eigenvalue weighted by molar-refractivity contribution is 0.0624. The second-order valence-corrected chi connectivity index (χ2v) is 6.55. The van der Waals surface area contributed by atoms with Crippen molar-refractivity contribution < 1.29 is 9.90 Å². The number of hydrogen-bond acceptors (Lipinski definition) is 2. The minimum absolute atomic E-state index is 0.0193. The molecule has 0 unspecified atom stereocenters. The first kappa shape index (κ1) is 13.6. The minimum Gasteiger partial charge on any atom is -0.396 e. The molecule has 1 heterocycles. The van der Waals surface area contributed by atoms with E-state index in [-0.39, 0.29) is 24.0 Å². The number of amides is 1. The average Bonchev–Trinajstić information content (AvgIpc) is 2.95. The number of hydrogen-bond donors (Lipinski definition) is 1. The first-order valence-corrected chi connectivity index (χ1v) is 7.56. The molecule has 0 radical (unpaired) electrons. The van der Waals surface area contributed by atoms with E-state index >= 15 is 0 Å². The fourth-order valence-electron chi connectivity index (χ4n) is 4.17. The summed E-state index contributed by atoms with van der Waals surface area (Å²) >= 11 is 0. The highest BCUT2D eigenvalue weighted by Crippen LogP contribution is 2.48. The lowest BCUT2D eigenvalue weighted by Crippen LogP contribution is -2.41. The van der Waals surface area contributed by atoms with Crippen LogP contribution in [0.2, 0.25) is 0 Å². The maximum Gasteiger partial charge on any atom is 0.254 e. The highest BCUT2D eigenvalue weighted by molar-refractivity contribution is 5.95. The van der Waals surface area contributed by atoms with Gasteiger partial charge in [-0.3, -0.25) is 4.79 Å². The maximum absolute atomic E-state index is 12.8. The fourth-order valence-corrected chi connectivity index (χ4v) is 4.17. The Morgan fingerprint density at radius 3 is 2.65 bits per heavy atom. The Kier molecular flexibility index (Phi) is 3.33. The summed E-state index contributed by atoms with van der Waals surface area (Å²) < 4.78 is 0. The van der Waals surface area contributed by atoms with Crippen LogP contribution < -0.4 is 0 Å². The summed E-state index contributed by atoms with van der Waals surface area (Å²) in [5.74, 6) is 0.138. The number of benzene rings is 1. The van der Waals surface area contributed by atoms with Gasteiger partial charge >= 0.3 is 0 Å². The van der Waals surface area contributed by atoms with Crippen molar-refractivity contribution in [1.29, 1.82) is 0 Å². The van der Waals surface area contributed by atoms with Gasteiger partial charge in [0, 0.05) is 23.6 Å². The molecule has 2 atom stereocenters. The van der Waals surface area contributed by atoms with Crippen molar-refractivity contribution in [2.75, 3.05) is 13.2 Å². The second kappa shape index (κ2) is 4.88. The van der Waals surface area contributed by atoms with Crippen molar-refractivity contribution in [3.05, 3.63) is 34.9 Å². The Bertz CT molecular complexity index is 520. The van der Waals surface area contributed by atoms with Crippen LogP contribution in [0.4, 0.5) is 0 Å². The van der Waals surface area contributed by atoms with Crippen molar-refractivity contribution >= 4 is 5.91 Å². The van der Waals surface area contributed by atoms with Crippen LogP contribution in [0.1, 0.15) is 47.2 Å².